The lowest BCUT2D eigenvalue weighted by molar-refractivity contribution is 0.282. The summed E-state index contributed by atoms with van der Waals surface area (Å²) in [5, 5.41) is 15.7. The number of hydrogen-bond donors (Lipinski definition) is 2. The molecule has 3 rings (SSSR count). The summed E-state index contributed by atoms with van der Waals surface area (Å²) < 4.78 is 2.35. The molecule has 7 nitrogen and oxygen atoms in total. The molecule has 0 unspecified atom stereocenters. The van der Waals surface area contributed by atoms with Gasteiger partial charge in [0.2, 0.25) is 0 Å². The molecule has 0 aliphatic carbocycles. The van der Waals surface area contributed by atoms with E-state index in [1.807, 2.05) is 0 Å². The molecule has 7 heteroatoms. The van der Waals surface area contributed by atoms with Crippen LogP contribution in [0.4, 0.5) is 0 Å². The van der Waals surface area contributed by atoms with Crippen molar-refractivity contribution in [3.63, 3.8) is 0 Å². The maximum atomic E-state index is 4.77. The lowest BCUT2D eigenvalue weighted by Gasteiger charge is -2.20. The molecular formula is C22H41N7. The summed E-state index contributed by atoms with van der Waals surface area (Å²) in [6.45, 7) is 9.67. The van der Waals surface area contributed by atoms with E-state index in [0.29, 0.717) is 0 Å². The zero-order valence-corrected chi connectivity index (χ0v) is 18.5. The fourth-order valence-corrected chi connectivity index (χ4v) is 4.37. The fourth-order valence-electron chi connectivity index (χ4n) is 4.37. The van der Waals surface area contributed by atoms with E-state index in [-0.39, 0.29) is 0 Å². The van der Waals surface area contributed by atoms with Gasteiger partial charge in [0.1, 0.15) is 11.6 Å². The minimum Gasteiger partial charge on any atom is -0.357 e. The Bertz CT molecular complexity index is 602. The van der Waals surface area contributed by atoms with Crippen molar-refractivity contribution in [2.45, 2.75) is 84.1 Å². The van der Waals surface area contributed by atoms with Gasteiger partial charge in [-0.25, -0.2) is 0 Å². The summed E-state index contributed by atoms with van der Waals surface area (Å²) in [5.41, 5.74) is 0. The van der Waals surface area contributed by atoms with Crippen LogP contribution in [-0.2, 0) is 19.4 Å². The number of guanidine groups is 1. The predicted molar refractivity (Wildman–Crippen MR) is 119 cm³/mol. The van der Waals surface area contributed by atoms with Gasteiger partial charge >= 0.3 is 0 Å². The molecule has 2 N–H and O–H groups in total. The van der Waals surface area contributed by atoms with Gasteiger partial charge in [0.15, 0.2) is 5.96 Å². The van der Waals surface area contributed by atoms with E-state index in [1.165, 1.54) is 76.8 Å². The number of aromatic nitrogens is 3. The monoisotopic (exact) mass is 403 g/mol. The standard InChI is InChI=1S/C22H41N7/c1-2-23-22(25-15-11-18-28-16-7-3-4-8-17-28)24-14-10-13-21-27-26-20-12-6-5-9-19-29(20)21/h2-19H2,1H3,(H2,23,24,25). The lowest BCUT2D eigenvalue weighted by Crippen LogP contribution is -2.39. The van der Waals surface area contributed by atoms with Gasteiger partial charge < -0.3 is 20.1 Å². The Morgan fingerprint density at radius 2 is 1.72 bits per heavy atom. The number of aliphatic imine (C=N–C) groups is 1. The van der Waals surface area contributed by atoms with Crippen molar-refractivity contribution >= 4 is 5.96 Å². The van der Waals surface area contributed by atoms with Gasteiger partial charge in [0.25, 0.3) is 0 Å². The minimum atomic E-state index is 0.823. The highest BCUT2D eigenvalue weighted by molar-refractivity contribution is 5.79. The van der Waals surface area contributed by atoms with Crippen LogP contribution in [0.3, 0.4) is 0 Å². The quantitative estimate of drug-likeness (QED) is 0.377. The summed E-state index contributed by atoms with van der Waals surface area (Å²) in [6, 6.07) is 0. The Hall–Kier alpha value is -1.63. The first-order valence-corrected chi connectivity index (χ1v) is 12.0. The van der Waals surface area contributed by atoms with E-state index < -0.39 is 0 Å². The molecule has 29 heavy (non-hydrogen) atoms. The smallest absolute Gasteiger partial charge is 0.191 e. The Morgan fingerprint density at radius 3 is 2.55 bits per heavy atom. The molecule has 1 aromatic rings. The second-order valence-electron chi connectivity index (χ2n) is 8.40. The molecule has 1 saturated heterocycles. The topological polar surface area (TPSA) is 70.4 Å². The Morgan fingerprint density at radius 1 is 0.931 bits per heavy atom. The van der Waals surface area contributed by atoms with E-state index in [9.17, 15) is 0 Å². The maximum Gasteiger partial charge on any atom is 0.191 e. The molecule has 0 bridgehead atoms. The molecule has 0 aromatic carbocycles. The molecule has 2 aliphatic heterocycles. The van der Waals surface area contributed by atoms with Crippen LogP contribution in [0.1, 0.15) is 76.4 Å². The van der Waals surface area contributed by atoms with Gasteiger partial charge in [-0.05, 0) is 65.1 Å². The fraction of sp³-hybridized carbons (Fsp3) is 0.864. The van der Waals surface area contributed by atoms with Gasteiger partial charge in [-0.1, -0.05) is 19.3 Å². The number of nitrogens with one attached hydrogen (secondary N) is 2. The van der Waals surface area contributed by atoms with Crippen LogP contribution in [0, 0.1) is 0 Å². The minimum absolute atomic E-state index is 0.823. The number of aryl methyl sites for hydroxylation is 2. The second kappa shape index (κ2) is 12.8. The molecule has 0 atom stereocenters. The van der Waals surface area contributed by atoms with Gasteiger partial charge in [-0.2, -0.15) is 0 Å². The third-order valence-corrected chi connectivity index (χ3v) is 6.00. The summed E-state index contributed by atoms with van der Waals surface area (Å²) in [5.74, 6) is 3.27. The van der Waals surface area contributed by atoms with Crippen LogP contribution in [-0.4, -0.2) is 64.9 Å². The molecule has 164 valence electrons. The van der Waals surface area contributed by atoms with Crippen molar-refractivity contribution in [2.75, 3.05) is 39.3 Å². The maximum absolute atomic E-state index is 4.77. The molecule has 1 fully saturated rings. The van der Waals surface area contributed by atoms with Crippen molar-refractivity contribution in [1.82, 2.24) is 30.3 Å². The average Bonchev–Trinajstić information content (AvgIpc) is 2.93. The first-order chi connectivity index (χ1) is 14.4. The summed E-state index contributed by atoms with van der Waals surface area (Å²) in [6.07, 6.45) is 13.6. The molecule has 1 aromatic heterocycles. The third-order valence-electron chi connectivity index (χ3n) is 6.00. The van der Waals surface area contributed by atoms with Crippen molar-refractivity contribution in [3.8, 4) is 0 Å². The van der Waals surface area contributed by atoms with E-state index in [4.69, 9.17) is 4.99 Å². The predicted octanol–water partition coefficient (Wildman–Crippen LogP) is 2.76. The number of hydrogen-bond acceptors (Lipinski definition) is 4. The lowest BCUT2D eigenvalue weighted by atomic mass is 10.2. The van der Waals surface area contributed by atoms with Gasteiger partial charge in [0.05, 0.1) is 0 Å². The zero-order valence-electron chi connectivity index (χ0n) is 18.5. The Kier molecular flexibility index (Phi) is 9.76. The molecule has 0 amide bonds. The van der Waals surface area contributed by atoms with Crippen LogP contribution < -0.4 is 10.6 Å². The van der Waals surface area contributed by atoms with Crippen molar-refractivity contribution < 1.29 is 0 Å². The van der Waals surface area contributed by atoms with Crippen LogP contribution in [0.25, 0.3) is 0 Å². The molecule has 2 aliphatic rings. The molecule has 0 saturated carbocycles. The first-order valence-electron chi connectivity index (χ1n) is 12.0. The summed E-state index contributed by atoms with van der Waals surface area (Å²) in [4.78, 5) is 7.39. The number of nitrogens with zero attached hydrogens (tertiary/aromatic N) is 5. The first kappa shape index (κ1) is 22.1. The molecule has 0 radical (unpaired) electrons. The molecule has 0 spiro atoms. The van der Waals surface area contributed by atoms with E-state index in [0.717, 1.165) is 57.2 Å². The van der Waals surface area contributed by atoms with Crippen LogP contribution in [0.15, 0.2) is 4.99 Å². The van der Waals surface area contributed by atoms with E-state index in [1.54, 1.807) is 0 Å². The van der Waals surface area contributed by atoms with Gasteiger partial charge in [-0.3, -0.25) is 4.99 Å². The Labute approximate surface area is 176 Å². The van der Waals surface area contributed by atoms with Crippen molar-refractivity contribution in [2.24, 2.45) is 4.99 Å². The van der Waals surface area contributed by atoms with Crippen molar-refractivity contribution in [3.05, 3.63) is 11.6 Å². The highest BCUT2D eigenvalue weighted by atomic mass is 15.3. The Balaban J connectivity index is 1.36. The highest BCUT2D eigenvalue weighted by Crippen LogP contribution is 2.15. The van der Waals surface area contributed by atoms with E-state index >= 15 is 0 Å². The number of fused-ring (bicyclic) bond motifs is 1. The zero-order chi connectivity index (χ0) is 20.2. The highest BCUT2D eigenvalue weighted by Gasteiger charge is 2.14. The molecule has 3 heterocycles. The largest absolute Gasteiger partial charge is 0.357 e. The summed E-state index contributed by atoms with van der Waals surface area (Å²) in [7, 11) is 0. The number of likely N-dealkylation sites (tertiary alicyclic amines) is 1. The second-order valence-corrected chi connectivity index (χ2v) is 8.40. The summed E-state index contributed by atoms with van der Waals surface area (Å²) >= 11 is 0. The van der Waals surface area contributed by atoms with Gasteiger partial charge in [-0.15, -0.1) is 10.2 Å². The van der Waals surface area contributed by atoms with E-state index in [2.05, 4.69) is 37.2 Å². The average molecular weight is 404 g/mol. The van der Waals surface area contributed by atoms with Crippen molar-refractivity contribution in [1.29, 1.82) is 0 Å². The van der Waals surface area contributed by atoms with Crippen LogP contribution in [0.5, 0.6) is 0 Å². The van der Waals surface area contributed by atoms with Gasteiger partial charge in [0, 0.05) is 39.0 Å². The third kappa shape index (κ3) is 7.61. The normalized spacial score (nSPS) is 18.7. The van der Waals surface area contributed by atoms with Crippen LogP contribution >= 0.6 is 0 Å². The number of rotatable bonds is 9. The molecular weight excluding hydrogens is 362 g/mol. The van der Waals surface area contributed by atoms with Crippen LogP contribution in [0.2, 0.25) is 0 Å². The SMILES string of the molecule is CCNC(=NCCCc1nnc2n1CCCCC2)NCCCN1CCCCCC1.